The van der Waals surface area contributed by atoms with Crippen molar-refractivity contribution in [3.63, 3.8) is 0 Å². The second kappa shape index (κ2) is 14.9. The molecule has 0 amide bonds. The van der Waals surface area contributed by atoms with Gasteiger partial charge in [0, 0.05) is 0 Å². The fourth-order valence-corrected chi connectivity index (χ4v) is 11.3. The predicted molar refractivity (Wildman–Crippen MR) is 175 cm³/mol. The van der Waals surface area contributed by atoms with Crippen LogP contribution in [0.4, 0.5) is 0 Å². The molecule has 3 heteroatoms. The minimum atomic E-state index is -2.60. The summed E-state index contributed by atoms with van der Waals surface area (Å²) >= 11 is -2.60. The second-order valence-electron chi connectivity index (χ2n) is 10.4. The Hall–Kier alpha value is -2.58. The van der Waals surface area contributed by atoms with Gasteiger partial charge in [0.05, 0.1) is 0 Å². The summed E-state index contributed by atoms with van der Waals surface area (Å²) in [6.07, 6.45) is 0. The summed E-state index contributed by atoms with van der Waals surface area (Å²) in [5.41, 5.74) is 5.22. The number of fused-ring (bicyclic) bond motifs is 2. The zero-order valence-corrected chi connectivity index (χ0v) is 28.7. The third kappa shape index (κ3) is 7.78. The molecule has 0 N–H and O–H groups in total. The molecule has 0 aliphatic carbocycles. The molecule has 0 radical (unpaired) electrons. The third-order valence-electron chi connectivity index (χ3n) is 6.98. The van der Waals surface area contributed by atoms with Crippen LogP contribution < -0.4 is 0 Å². The molecule has 6 aromatic rings. The van der Waals surface area contributed by atoms with Gasteiger partial charge in [-0.05, 0) is 11.8 Å². The second-order valence-corrected chi connectivity index (χ2v) is 21.9. The van der Waals surface area contributed by atoms with E-state index in [1.54, 1.807) is 0 Å². The summed E-state index contributed by atoms with van der Waals surface area (Å²) in [6.45, 7) is 8.95. The zero-order valence-electron chi connectivity index (χ0n) is 23.6. The van der Waals surface area contributed by atoms with Crippen LogP contribution in [-0.4, -0.2) is 3.26 Å². The van der Waals surface area contributed by atoms with Gasteiger partial charge in [-0.3, -0.25) is 0 Å². The molecule has 0 aliphatic heterocycles. The molecule has 204 valence electrons. The monoisotopic (exact) mass is 730 g/mol. The van der Waals surface area contributed by atoms with Crippen molar-refractivity contribution in [3.8, 4) is 0 Å². The van der Waals surface area contributed by atoms with Crippen molar-refractivity contribution < 1.29 is 18.6 Å². The molecule has 0 nitrogen and oxygen atoms in total. The molecule has 0 aliphatic rings. The first-order valence-corrected chi connectivity index (χ1v) is 24.5. The van der Waals surface area contributed by atoms with Gasteiger partial charge in [-0.25, -0.2) is 0 Å². The molecule has 6 aromatic carbocycles. The maximum absolute atomic E-state index is 6.25. The molecule has 0 saturated heterocycles. The summed E-state index contributed by atoms with van der Waals surface area (Å²) in [5, 5.41) is 5.54. The SMILES string of the molecule is CC(C)c1cccc2[cH-]ccc12.CC(C)c1cccc2[cH-]ccc12.[Cl][Hf]([Cl])=[C](c1ccccc1)c1ccccc1. The molecule has 0 bridgehead atoms. The van der Waals surface area contributed by atoms with Gasteiger partial charge >= 0.3 is 111 Å². The Bertz CT molecular complexity index is 1530. The van der Waals surface area contributed by atoms with E-state index in [4.69, 9.17) is 17.2 Å². The van der Waals surface area contributed by atoms with Crippen molar-refractivity contribution in [3.05, 3.63) is 156 Å². The Kier molecular flexibility index (Phi) is 11.3. The molecular weight excluding hydrogens is 694 g/mol. The summed E-state index contributed by atoms with van der Waals surface area (Å²) in [7, 11) is 12.5. The van der Waals surface area contributed by atoms with Gasteiger partial charge in [-0.15, -0.1) is 57.9 Å². The Labute approximate surface area is 254 Å². The van der Waals surface area contributed by atoms with Crippen LogP contribution in [0.25, 0.3) is 21.5 Å². The van der Waals surface area contributed by atoms with Crippen molar-refractivity contribution in [2.75, 3.05) is 0 Å². The molecule has 0 atom stereocenters. The predicted octanol–water partition coefficient (Wildman–Crippen LogP) is 11.5. The standard InChI is InChI=1S/C13H10.2C12H13.2ClH.Hf/c1-3-7-12(8-4-1)11-13-9-5-2-6-10-13;2*1-9(2)11-7-3-5-10-6-4-8-12(10)11;;;/h1-10H;2*3-9H,1-2H3;2*1H;/q;2*-1;;;+2/p-2. The van der Waals surface area contributed by atoms with E-state index < -0.39 is 18.6 Å². The van der Waals surface area contributed by atoms with Crippen molar-refractivity contribution in [2.24, 2.45) is 0 Å². The average Bonchev–Trinajstić information content (AvgIpc) is 3.64. The van der Waals surface area contributed by atoms with Crippen LogP contribution >= 0.6 is 17.2 Å². The van der Waals surface area contributed by atoms with Gasteiger partial charge in [0.1, 0.15) is 0 Å². The molecular formula is C37H36Cl2Hf-2. The number of hydrogen-bond donors (Lipinski definition) is 0. The minimum absolute atomic E-state index is 0.621. The molecule has 0 fully saturated rings. The van der Waals surface area contributed by atoms with Crippen molar-refractivity contribution in [1.82, 2.24) is 0 Å². The average molecular weight is 730 g/mol. The van der Waals surface area contributed by atoms with Crippen molar-refractivity contribution in [2.45, 2.75) is 39.5 Å². The Morgan fingerprint density at radius 1 is 0.525 bits per heavy atom. The van der Waals surface area contributed by atoms with E-state index in [2.05, 4.69) is 125 Å². The van der Waals surface area contributed by atoms with E-state index in [0.717, 1.165) is 14.4 Å². The first-order valence-electron chi connectivity index (χ1n) is 13.8. The summed E-state index contributed by atoms with van der Waals surface area (Å²) < 4.78 is 1.16. The summed E-state index contributed by atoms with van der Waals surface area (Å²) in [4.78, 5) is 0. The van der Waals surface area contributed by atoms with Crippen LogP contribution in [0.3, 0.4) is 0 Å². The first-order chi connectivity index (χ1) is 19.4. The van der Waals surface area contributed by atoms with Gasteiger partial charge in [-0.1, -0.05) is 51.0 Å². The molecule has 6 rings (SSSR count). The fraction of sp³-hybridized carbons (Fsp3) is 0.162. The van der Waals surface area contributed by atoms with E-state index in [1.165, 1.54) is 32.7 Å². The number of hydrogen-bond acceptors (Lipinski definition) is 0. The number of benzene rings is 4. The molecule has 0 spiro atoms. The van der Waals surface area contributed by atoms with Gasteiger partial charge in [-0.2, -0.15) is 24.3 Å². The molecule has 0 unspecified atom stereocenters. The van der Waals surface area contributed by atoms with Crippen LogP contribution in [0.1, 0.15) is 61.8 Å². The van der Waals surface area contributed by atoms with E-state index >= 15 is 0 Å². The Balaban J connectivity index is 0.000000141. The van der Waals surface area contributed by atoms with Gasteiger partial charge in [0.15, 0.2) is 0 Å². The summed E-state index contributed by atoms with van der Waals surface area (Å²) in [6, 6.07) is 46.3. The maximum atomic E-state index is 6.25. The third-order valence-corrected chi connectivity index (χ3v) is 13.5. The van der Waals surface area contributed by atoms with Crippen LogP contribution in [0, 0.1) is 0 Å². The van der Waals surface area contributed by atoms with Gasteiger partial charge in [0.25, 0.3) is 0 Å². The number of halogens is 2. The van der Waals surface area contributed by atoms with E-state index in [1.807, 2.05) is 36.4 Å². The van der Waals surface area contributed by atoms with Crippen LogP contribution in [-0.2, 0) is 18.6 Å². The quantitative estimate of drug-likeness (QED) is 0.125. The zero-order chi connectivity index (χ0) is 28.5. The van der Waals surface area contributed by atoms with E-state index in [9.17, 15) is 0 Å². The van der Waals surface area contributed by atoms with E-state index in [0.29, 0.717) is 11.8 Å². The fourth-order valence-electron chi connectivity index (χ4n) is 4.98. The summed E-state index contributed by atoms with van der Waals surface area (Å²) in [5.74, 6) is 1.24. The first kappa shape index (κ1) is 30.4. The van der Waals surface area contributed by atoms with Crippen molar-refractivity contribution >= 4 is 42.0 Å². The van der Waals surface area contributed by atoms with Crippen LogP contribution in [0.5, 0.6) is 0 Å². The molecule has 40 heavy (non-hydrogen) atoms. The van der Waals surface area contributed by atoms with Crippen LogP contribution in [0.15, 0.2) is 133 Å². The topological polar surface area (TPSA) is 0 Å². The van der Waals surface area contributed by atoms with Gasteiger partial charge < -0.3 is 0 Å². The Morgan fingerprint density at radius 2 is 0.925 bits per heavy atom. The normalized spacial score (nSPS) is 10.7. The van der Waals surface area contributed by atoms with E-state index in [-0.39, 0.29) is 0 Å². The van der Waals surface area contributed by atoms with Crippen LogP contribution in [0.2, 0.25) is 0 Å². The van der Waals surface area contributed by atoms with Gasteiger partial charge in [0.2, 0.25) is 0 Å². The number of rotatable bonds is 4. The molecule has 0 aromatic heterocycles. The molecule has 0 heterocycles. The van der Waals surface area contributed by atoms with Crippen molar-refractivity contribution in [1.29, 1.82) is 0 Å². The Morgan fingerprint density at radius 3 is 1.27 bits per heavy atom. The molecule has 0 saturated carbocycles.